The number of allylic oxidation sites excluding steroid dienone is 10. The van der Waals surface area contributed by atoms with E-state index in [2.05, 4.69) is 144 Å². The maximum atomic E-state index is 4.93. The fourth-order valence-electron chi connectivity index (χ4n) is 11.7. The number of rotatable bonds is 10. The van der Waals surface area contributed by atoms with Crippen LogP contribution in [0.2, 0.25) is 37.3 Å². The van der Waals surface area contributed by atoms with Crippen LogP contribution in [0.1, 0.15) is 133 Å². The molecule has 0 radical (unpaired) electrons. The molecule has 296 valence electrons. The quantitative estimate of drug-likeness (QED) is 0.164. The molecule has 0 amide bonds. The number of aryl methyl sites for hydroxylation is 2. The average Bonchev–Trinajstić information content (AvgIpc) is 3.78. The molecule has 0 saturated heterocycles. The van der Waals surface area contributed by atoms with Crippen molar-refractivity contribution in [3.8, 4) is 0 Å². The van der Waals surface area contributed by atoms with Gasteiger partial charge in [-0.25, -0.2) is 0 Å². The van der Waals surface area contributed by atoms with Gasteiger partial charge in [0.2, 0.25) is 0 Å². The van der Waals surface area contributed by atoms with Gasteiger partial charge in [-0.2, -0.15) is 0 Å². The molecule has 2 aromatic rings. The summed E-state index contributed by atoms with van der Waals surface area (Å²) in [5, 5.41) is 0. The second-order valence-electron chi connectivity index (χ2n) is 17.9. The van der Waals surface area contributed by atoms with E-state index in [9.17, 15) is 0 Å². The summed E-state index contributed by atoms with van der Waals surface area (Å²) < 4.78 is 0. The van der Waals surface area contributed by atoms with Crippen molar-refractivity contribution in [2.24, 2.45) is 0 Å². The molecule has 2 unspecified atom stereocenters. The molecule has 2 aromatic carbocycles. The summed E-state index contributed by atoms with van der Waals surface area (Å²) in [5.74, 6) is 0. The van der Waals surface area contributed by atoms with E-state index in [1.54, 1.807) is 89.1 Å². The van der Waals surface area contributed by atoms with E-state index in [4.69, 9.17) is 34.1 Å². The van der Waals surface area contributed by atoms with E-state index < -0.39 is 57.8 Å². The van der Waals surface area contributed by atoms with Gasteiger partial charge in [0.1, 0.15) is 0 Å². The number of unbranched alkanes of at least 4 members (excludes halogenated alkanes) is 2. The van der Waals surface area contributed by atoms with Crippen LogP contribution < -0.4 is 0 Å². The molecule has 4 aliphatic rings. The molecule has 0 aromatic heterocycles. The van der Waals surface area contributed by atoms with Crippen LogP contribution in [0.5, 0.6) is 0 Å². The molecule has 0 spiro atoms. The van der Waals surface area contributed by atoms with Gasteiger partial charge in [-0.1, -0.05) is 115 Å². The van der Waals surface area contributed by atoms with Crippen molar-refractivity contribution in [2.75, 3.05) is 0 Å². The van der Waals surface area contributed by atoms with Crippen molar-refractivity contribution < 1.29 is 41.7 Å². The van der Waals surface area contributed by atoms with Crippen LogP contribution in [0, 0.1) is 0 Å². The molecule has 0 aliphatic heterocycles. The molecular weight excluding hydrogens is 945 g/mol. The van der Waals surface area contributed by atoms with Gasteiger partial charge in [-0.15, -0.1) is 0 Å². The summed E-state index contributed by atoms with van der Waals surface area (Å²) in [6.45, 7) is 34.5. The standard InChI is InChI=1S/C47H64Si2.4ClH.2Zr/c1-28-26-42-38(22-18-24-40(42)44(28)48(11,12)46-34(7)30(3)31(4)35(46)8)20-16-15-17-21-39-23-19-25-41-43(39)27-29(2)45(41)49(13,14)47-36(9)32(5)33(6)37(47)10;;;;;;/h18-19,22-27,44-47H,15-17,20-21H2,1-14H3;4*1H;;/q;;;;;2*+2/p-4. The van der Waals surface area contributed by atoms with Crippen molar-refractivity contribution in [3.05, 3.63) is 126 Å². The van der Waals surface area contributed by atoms with Crippen LogP contribution in [-0.4, -0.2) is 16.1 Å². The molecule has 6 rings (SSSR count). The van der Waals surface area contributed by atoms with Crippen molar-refractivity contribution in [3.63, 3.8) is 0 Å². The Balaban J connectivity index is 0.00000105. The van der Waals surface area contributed by atoms with Gasteiger partial charge in [-0.05, 0) is 162 Å². The van der Waals surface area contributed by atoms with E-state index >= 15 is 0 Å². The summed E-state index contributed by atoms with van der Waals surface area (Å²) >= 11 is -1.65. The summed E-state index contributed by atoms with van der Waals surface area (Å²) in [4.78, 5) is 0. The predicted octanol–water partition coefficient (Wildman–Crippen LogP) is 17.0. The topological polar surface area (TPSA) is 0 Å². The van der Waals surface area contributed by atoms with Crippen LogP contribution in [0.25, 0.3) is 12.2 Å². The van der Waals surface area contributed by atoms with Gasteiger partial charge in [-0.3, -0.25) is 0 Å². The minimum absolute atomic E-state index is 0.603. The van der Waals surface area contributed by atoms with Crippen LogP contribution in [0.4, 0.5) is 0 Å². The fourth-order valence-corrected chi connectivity index (χ4v) is 22.3. The van der Waals surface area contributed by atoms with E-state index in [1.807, 2.05) is 0 Å². The SMILES string of the molecule is CC1=Cc2c(CCCCCc3cccc4c3C=C(C)C4[Si](C)(C)C3C(C)=C(C)C(C)=C3C)cccc2C1[Si](C)(C)C1C(C)=C(C)C(C)=C1C.[Cl][Zr][Cl].[Cl][Zr][Cl]. The second-order valence-corrected chi connectivity index (χ2v) is 35.0. The number of hydrogen-bond donors (Lipinski definition) is 0. The molecule has 0 fully saturated rings. The molecule has 8 heteroatoms. The monoisotopic (exact) mass is 1000 g/mol. The van der Waals surface area contributed by atoms with Crippen molar-refractivity contribution in [2.45, 2.75) is 150 Å². The first-order chi connectivity index (χ1) is 25.8. The number of fused-ring (bicyclic) bond motifs is 2. The first kappa shape index (κ1) is 47.9. The van der Waals surface area contributed by atoms with Gasteiger partial charge >= 0.3 is 75.7 Å². The molecule has 0 bridgehead atoms. The Morgan fingerprint density at radius 2 is 0.745 bits per heavy atom. The Bertz CT molecular complexity index is 1770. The van der Waals surface area contributed by atoms with E-state index in [0.717, 1.165) is 0 Å². The first-order valence-corrected chi connectivity index (χ1v) is 39.0. The third kappa shape index (κ3) is 9.59. The average molecular weight is 1010 g/mol. The third-order valence-corrected chi connectivity index (χ3v) is 23.5. The molecule has 4 aliphatic carbocycles. The van der Waals surface area contributed by atoms with Gasteiger partial charge < -0.3 is 0 Å². The molecule has 55 heavy (non-hydrogen) atoms. The normalized spacial score (nSPS) is 20.0. The fraction of sp³-hybridized carbons (Fsp3) is 0.489. The van der Waals surface area contributed by atoms with Crippen LogP contribution in [0.3, 0.4) is 0 Å². The Labute approximate surface area is 375 Å². The van der Waals surface area contributed by atoms with Gasteiger partial charge in [0, 0.05) is 11.1 Å². The Morgan fingerprint density at radius 3 is 1.04 bits per heavy atom. The van der Waals surface area contributed by atoms with Crippen LogP contribution in [-0.2, 0) is 54.5 Å². The van der Waals surface area contributed by atoms with Crippen molar-refractivity contribution >= 4 is 62.4 Å². The zero-order valence-corrected chi connectivity index (χ0v) is 45.9. The Hall–Kier alpha value is 0.240. The van der Waals surface area contributed by atoms with Crippen molar-refractivity contribution in [1.82, 2.24) is 0 Å². The van der Waals surface area contributed by atoms with Gasteiger partial charge in [0.15, 0.2) is 0 Å². The van der Waals surface area contributed by atoms with Crippen LogP contribution in [0.15, 0.2) is 92.1 Å². The summed E-state index contributed by atoms with van der Waals surface area (Å²) in [6.07, 6.45) is 11.3. The van der Waals surface area contributed by atoms with Crippen LogP contribution >= 0.6 is 34.1 Å². The number of benzene rings is 2. The van der Waals surface area contributed by atoms with Gasteiger partial charge in [0.05, 0.1) is 16.1 Å². The number of hydrogen-bond acceptors (Lipinski definition) is 0. The molecule has 0 nitrogen and oxygen atoms in total. The summed E-state index contributed by atoms with van der Waals surface area (Å²) in [6, 6.07) is 14.5. The zero-order chi connectivity index (χ0) is 41.2. The molecular formula is C47H64Cl4Si2Zr2. The second kappa shape index (κ2) is 20.2. The van der Waals surface area contributed by atoms with Gasteiger partial charge in [0.25, 0.3) is 0 Å². The first-order valence-electron chi connectivity index (χ1n) is 20.1. The molecule has 0 saturated carbocycles. The summed E-state index contributed by atoms with van der Waals surface area (Å²) in [5.41, 5.74) is 27.9. The van der Waals surface area contributed by atoms with E-state index in [0.29, 0.717) is 22.2 Å². The Morgan fingerprint density at radius 1 is 0.455 bits per heavy atom. The Kier molecular flexibility index (Phi) is 17.6. The third-order valence-electron chi connectivity index (χ3n) is 14.3. The summed E-state index contributed by atoms with van der Waals surface area (Å²) in [7, 11) is 16.3. The molecule has 0 heterocycles. The minimum atomic E-state index is -1.71. The van der Waals surface area contributed by atoms with E-state index in [-0.39, 0.29) is 0 Å². The predicted molar refractivity (Wildman–Crippen MR) is 246 cm³/mol. The van der Waals surface area contributed by atoms with E-state index in [1.165, 1.54) is 32.1 Å². The maximum absolute atomic E-state index is 4.93. The number of halogens is 4. The zero-order valence-electron chi connectivity index (χ0n) is 36.0. The molecule has 0 N–H and O–H groups in total. The molecule has 2 atom stereocenters. The van der Waals surface area contributed by atoms with Crippen molar-refractivity contribution in [1.29, 1.82) is 0 Å².